The van der Waals surface area contributed by atoms with Crippen molar-refractivity contribution in [2.75, 3.05) is 12.5 Å². The number of benzene rings is 2. The monoisotopic (exact) mass is 330 g/mol. The van der Waals surface area contributed by atoms with E-state index in [1.54, 1.807) is 24.5 Å². The lowest BCUT2D eigenvalue weighted by Gasteiger charge is -2.25. The minimum atomic E-state index is -0.646. The van der Waals surface area contributed by atoms with Crippen molar-refractivity contribution >= 4 is 34.4 Å². The van der Waals surface area contributed by atoms with Gasteiger partial charge in [-0.15, -0.1) is 11.8 Å². The van der Waals surface area contributed by atoms with E-state index in [2.05, 4.69) is 0 Å². The molecule has 0 heterocycles. The number of ketones is 1. The molecule has 2 rings (SSSR count). The van der Waals surface area contributed by atoms with Crippen LogP contribution < -0.4 is 0 Å². The zero-order valence-corrected chi connectivity index (χ0v) is 14.5. The highest BCUT2D eigenvalue weighted by Gasteiger charge is 2.34. The highest BCUT2D eigenvalue weighted by Crippen LogP contribution is 2.38. The minimum Gasteiger partial charge on any atom is -0.289 e. The lowest BCUT2D eigenvalue weighted by molar-refractivity contribution is -0.112. The van der Waals surface area contributed by atoms with Gasteiger partial charge in [0.05, 0.1) is 0 Å². The summed E-state index contributed by atoms with van der Waals surface area (Å²) in [6.45, 7) is 1.91. The third-order valence-corrected chi connectivity index (χ3v) is 5.84. The maximum absolute atomic E-state index is 12.6. The molecule has 0 unspecified atom stereocenters. The van der Waals surface area contributed by atoms with Crippen LogP contribution in [0.4, 0.5) is 0 Å². The van der Waals surface area contributed by atoms with E-state index >= 15 is 0 Å². The molecule has 0 aromatic heterocycles. The zero-order valence-electron chi connectivity index (χ0n) is 12.8. The molecule has 0 aliphatic heterocycles. The van der Waals surface area contributed by atoms with Crippen LogP contribution in [-0.2, 0) is 9.54 Å². The molecule has 2 nitrogen and oxygen atoms in total. The first-order chi connectivity index (χ1) is 10.5. The quantitative estimate of drug-likeness (QED) is 0.762. The molecule has 0 fully saturated rings. The Bertz CT molecular complexity index is 682. The van der Waals surface area contributed by atoms with Crippen molar-refractivity contribution in [1.29, 1.82) is 0 Å². The molecule has 0 bridgehead atoms. The number of rotatable bonds is 5. The maximum Gasteiger partial charge on any atom is 0.208 e. The summed E-state index contributed by atoms with van der Waals surface area (Å²) in [5, 5.41) is 0.0873. The van der Waals surface area contributed by atoms with Gasteiger partial charge in [-0.2, -0.15) is 0 Å². The Labute approximate surface area is 139 Å². The Balaban J connectivity index is 2.42. The van der Waals surface area contributed by atoms with Crippen LogP contribution >= 0.6 is 23.5 Å². The second-order valence-corrected chi connectivity index (χ2v) is 7.01. The van der Waals surface area contributed by atoms with E-state index in [4.69, 9.17) is 0 Å². The van der Waals surface area contributed by atoms with Crippen molar-refractivity contribution in [3.8, 4) is 0 Å². The summed E-state index contributed by atoms with van der Waals surface area (Å²) in [5.74, 6) is -0.0255. The van der Waals surface area contributed by atoms with Gasteiger partial charge in [0.25, 0.3) is 0 Å². The van der Waals surface area contributed by atoms with Crippen molar-refractivity contribution in [2.45, 2.75) is 11.7 Å². The molecule has 4 heteroatoms. The van der Waals surface area contributed by atoms with E-state index < -0.39 is 4.75 Å². The van der Waals surface area contributed by atoms with Crippen LogP contribution in [0.2, 0.25) is 0 Å². The molecule has 0 amide bonds. The summed E-state index contributed by atoms with van der Waals surface area (Å²) in [6.07, 6.45) is 3.70. The molecule has 2 aromatic carbocycles. The number of thioether (sulfide) groups is 2. The fourth-order valence-corrected chi connectivity index (χ4v) is 3.76. The van der Waals surface area contributed by atoms with E-state index in [9.17, 15) is 9.59 Å². The minimum absolute atomic E-state index is 0.0255. The summed E-state index contributed by atoms with van der Waals surface area (Å²) in [4.78, 5) is 24.8. The van der Waals surface area contributed by atoms with E-state index in [1.807, 2.05) is 49.6 Å². The summed E-state index contributed by atoms with van der Waals surface area (Å²) in [6, 6.07) is 16.6. The van der Waals surface area contributed by atoms with E-state index in [1.165, 1.54) is 23.5 Å². The Hall–Kier alpha value is -1.52. The third-order valence-electron chi connectivity index (χ3n) is 3.69. The van der Waals surface area contributed by atoms with Crippen LogP contribution in [0.25, 0.3) is 0 Å². The second kappa shape index (κ2) is 7.16. The van der Waals surface area contributed by atoms with Gasteiger partial charge >= 0.3 is 0 Å². The largest absolute Gasteiger partial charge is 0.289 e. The van der Waals surface area contributed by atoms with Crippen molar-refractivity contribution in [3.63, 3.8) is 0 Å². The molecule has 0 N–H and O–H groups in total. The smallest absolute Gasteiger partial charge is 0.208 e. The van der Waals surface area contributed by atoms with Gasteiger partial charge in [-0.05, 0) is 31.1 Å². The average Bonchev–Trinajstić information content (AvgIpc) is 2.60. The summed E-state index contributed by atoms with van der Waals surface area (Å²) in [7, 11) is 0. The van der Waals surface area contributed by atoms with Gasteiger partial charge in [0.15, 0.2) is 5.78 Å². The highest BCUT2D eigenvalue weighted by atomic mass is 32.2. The highest BCUT2D eigenvalue weighted by molar-refractivity contribution is 8.15. The van der Waals surface area contributed by atoms with Crippen molar-refractivity contribution in [1.82, 2.24) is 0 Å². The molecule has 0 aliphatic carbocycles. The van der Waals surface area contributed by atoms with Crippen LogP contribution in [0.1, 0.15) is 28.4 Å². The van der Waals surface area contributed by atoms with Crippen molar-refractivity contribution < 1.29 is 9.59 Å². The van der Waals surface area contributed by atoms with Gasteiger partial charge in [-0.25, -0.2) is 0 Å². The first kappa shape index (κ1) is 16.8. The summed E-state index contributed by atoms with van der Waals surface area (Å²) >= 11 is 2.71. The molecular formula is C18H18O2S2. The lowest BCUT2D eigenvalue weighted by atomic mass is 9.96. The number of carbonyl (C=O) groups excluding carboxylic acids is 2. The topological polar surface area (TPSA) is 34.1 Å². The standard InChI is InChI=1S/C18H18O2S2/c1-18(22-3,17(20)21-2)15-11-7-10-14(12-15)16(19)13-8-5-4-6-9-13/h4-12H,1-3H3/t18-/m0/s1. The van der Waals surface area contributed by atoms with Crippen LogP contribution in [0.15, 0.2) is 54.6 Å². The van der Waals surface area contributed by atoms with Gasteiger partial charge in [0, 0.05) is 11.1 Å². The van der Waals surface area contributed by atoms with Crippen LogP contribution in [0.3, 0.4) is 0 Å². The van der Waals surface area contributed by atoms with Crippen molar-refractivity contribution in [2.24, 2.45) is 0 Å². The lowest BCUT2D eigenvalue weighted by Crippen LogP contribution is -2.26. The maximum atomic E-state index is 12.6. The van der Waals surface area contributed by atoms with Gasteiger partial charge in [-0.1, -0.05) is 60.3 Å². The molecule has 0 spiro atoms. The van der Waals surface area contributed by atoms with E-state index in [-0.39, 0.29) is 10.9 Å². The molecule has 2 aromatic rings. The van der Waals surface area contributed by atoms with Crippen LogP contribution in [-0.4, -0.2) is 23.4 Å². The van der Waals surface area contributed by atoms with Gasteiger partial charge in [0.1, 0.15) is 4.75 Å². The molecule has 0 saturated heterocycles. The SMILES string of the molecule is CSC(=O)[C@@](C)(SC)c1cccc(C(=O)c2ccccc2)c1. The van der Waals surface area contributed by atoms with Crippen LogP contribution in [0.5, 0.6) is 0 Å². The number of hydrogen-bond donors (Lipinski definition) is 0. The first-order valence-electron chi connectivity index (χ1n) is 6.87. The number of carbonyl (C=O) groups is 2. The number of hydrogen-bond acceptors (Lipinski definition) is 4. The Morgan fingerprint density at radius 1 is 0.909 bits per heavy atom. The van der Waals surface area contributed by atoms with E-state index in [0.717, 1.165) is 5.56 Å². The zero-order chi connectivity index (χ0) is 16.2. The molecule has 0 radical (unpaired) electrons. The molecule has 114 valence electrons. The molecular weight excluding hydrogens is 312 g/mol. The molecule has 0 saturated carbocycles. The van der Waals surface area contributed by atoms with Crippen LogP contribution in [0, 0.1) is 0 Å². The molecule has 1 atom stereocenters. The van der Waals surface area contributed by atoms with Gasteiger partial charge in [-0.3, -0.25) is 9.59 Å². The summed E-state index contributed by atoms with van der Waals surface area (Å²) < 4.78 is -0.646. The molecule has 0 aliphatic rings. The Morgan fingerprint density at radius 3 is 2.14 bits per heavy atom. The van der Waals surface area contributed by atoms with Gasteiger partial charge < -0.3 is 0 Å². The molecule has 22 heavy (non-hydrogen) atoms. The second-order valence-electron chi connectivity index (χ2n) is 5.00. The summed E-state index contributed by atoms with van der Waals surface area (Å²) in [5.41, 5.74) is 2.13. The predicted molar refractivity (Wildman–Crippen MR) is 95.7 cm³/mol. The predicted octanol–water partition coefficient (Wildman–Crippen LogP) is 4.39. The fourth-order valence-electron chi connectivity index (χ4n) is 2.23. The Kier molecular flexibility index (Phi) is 5.48. The Morgan fingerprint density at radius 2 is 1.55 bits per heavy atom. The van der Waals surface area contributed by atoms with Gasteiger partial charge in [0.2, 0.25) is 5.12 Å². The normalized spacial score (nSPS) is 13.4. The van der Waals surface area contributed by atoms with Crippen molar-refractivity contribution in [3.05, 3.63) is 71.3 Å². The third kappa shape index (κ3) is 3.28. The average molecular weight is 330 g/mol. The fraction of sp³-hybridized carbons (Fsp3) is 0.222. The van der Waals surface area contributed by atoms with E-state index in [0.29, 0.717) is 11.1 Å². The first-order valence-corrected chi connectivity index (χ1v) is 9.31.